The van der Waals surface area contributed by atoms with Crippen molar-refractivity contribution in [1.29, 1.82) is 5.41 Å². The van der Waals surface area contributed by atoms with E-state index in [4.69, 9.17) is 20.9 Å². The van der Waals surface area contributed by atoms with Crippen molar-refractivity contribution in [2.24, 2.45) is 5.73 Å². The number of nitrogens with one attached hydrogen (secondary N) is 2. The van der Waals surface area contributed by atoms with Gasteiger partial charge in [-0.3, -0.25) is 10.1 Å². The van der Waals surface area contributed by atoms with Crippen molar-refractivity contribution in [3.05, 3.63) is 70.2 Å². The Bertz CT molecular complexity index is 1690. The van der Waals surface area contributed by atoms with Crippen LogP contribution in [0.4, 0.5) is 23.0 Å². The van der Waals surface area contributed by atoms with Gasteiger partial charge in [-0.25, -0.2) is 9.97 Å². The molecule has 0 aliphatic carbocycles. The van der Waals surface area contributed by atoms with E-state index in [2.05, 4.69) is 33.2 Å². The van der Waals surface area contributed by atoms with Crippen LogP contribution >= 0.6 is 0 Å². The van der Waals surface area contributed by atoms with Crippen molar-refractivity contribution in [1.82, 2.24) is 19.4 Å². The zero-order valence-electron chi connectivity index (χ0n) is 24.2. The molecule has 0 spiro atoms. The van der Waals surface area contributed by atoms with Gasteiger partial charge in [0.2, 0.25) is 5.95 Å². The maximum Gasteiger partial charge on any atom is 0.294 e. The van der Waals surface area contributed by atoms with Crippen molar-refractivity contribution in [3.63, 3.8) is 0 Å². The van der Waals surface area contributed by atoms with Gasteiger partial charge in [-0.1, -0.05) is 18.2 Å². The maximum atomic E-state index is 12.1. The van der Waals surface area contributed by atoms with Crippen molar-refractivity contribution in [3.8, 4) is 17.0 Å². The molecule has 12 nitrogen and oxygen atoms in total. The first kappa shape index (κ1) is 28.6. The number of aromatic nitrogens is 3. The number of nitro groups is 1. The van der Waals surface area contributed by atoms with E-state index in [0.29, 0.717) is 40.5 Å². The van der Waals surface area contributed by atoms with E-state index in [-0.39, 0.29) is 11.6 Å². The summed E-state index contributed by atoms with van der Waals surface area (Å²) in [6.45, 7) is 2.22. The van der Waals surface area contributed by atoms with Crippen LogP contribution in [0.25, 0.3) is 27.7 Å². The number of rotatable bonds is 11. The zero-order valence-corrected chi connectivity index (χ0v) is 24.2. The lowest BCUT2D eigenvalue weighted by atomic mass is 9.99. The number of methoxy groups -OCH3 is 1. The molecule has 2 aromatic carbocycles. The Kier molecular flexibility index (Phi) is 8.07. The minimum Gasteiger partial charge on any atom is -0.494 e. The Morgan fingerprint density at radius 1 is 1.29 bits per heavy atom. The SMILES string of the molecule is COc1cc(N(C)CCN(C)C)c([N+](=O)[O-])cc1Nc1ncc(/C(C=N)=C/N)c(-c2cn3c4c(cccc24)CCC3)n1. The molecule has 0 unspecified atom stereocenters. The number of hydrogen-bond acceptors (Lipinski definition) is 10. The summed E-state index contributed by atoms with van der Waals surface area (Å²) in [6, 6.07) is 9.37. The molecule has 1 aliphatic heterocycles. The number of benzene rings is 2. The molecule has 0 fully saturated rings. The van der Waals surface area contributed by atoms with Gasteiger partial charge in [-0.2, -0.15) is 0 Å². The molecule has 0 atom stereocenters. The van der Waals surface area contributed by atoms with Crippen LogP contribution in [0.1, 0.15) is 17.5 Å². The minimum atomic E-state index is -0.405. The third kappa shape index (κ3) is 5.36. The van der Waals surface area contributed by atoms with Crippen LogP contribution in [0.5, 0.6) is 5.75 Å². The predicted molar refractivity (Wildman–Crippen MR) is 167 cm³/mol. The summed E-state index contributed by atoms with van der Waals surface area (Å²) in [7, 11) is 7.24. The van der Waals surface area contributed by atoms with E-state index >= 15 is 0 Å². The number of aryl methyl sites for hydroxylation is 2. The topological polar surface area (TPSA) is 151 Å². The first-order valence-corrected chi connectivity index (χ1v) is 13.7. The number of allylic oxidation sites excluding steroid dienone is 1. The highest BCUT2D eigenvalue weighted by Crippen LogP contribution is 2.40. The number of nitro benzene ring substituents is 1. The van der Waals surface area contributed by atoms with Crippen LogP contribution < -0.4 is 20.7 Å². The molecule has 0 radical (unpaired) electrons. The summed E-state index contributed by atoms with van der Waals surface area (Å²) in [5.74, 6) is 0.638. The molecule has 0 saturated heterocycles. The molecule has 218 valence electrons. The molecule has 12 heteroatoms. The van der Waals surface area contributed by atoms with Crippen LogP contribution in [0.15, 0.2) is 48.9 Å². The summed E-state index contributed by atoms with van der Waals surface area (Å²) in [5.41, 5.74) is 11.7. The number of ether oxygens (including phenoxy) is 1. The van der Waals surface area contributed by atoms with Crippen LogP contribution in [-0.4, -0.2) is 71.9 Å². The Morgan fingerprint density at radius 3 is 2.79 bits per heavy atom. The van der Waals surface area contributed by atoms with Gasteiger partial charge in [0.1, 0.15) is 11.4 Å². The molecule has 0 saturated carbocycles. The first-order valence-electron chi connectivity index (χ1n) is 13.7. The molecule has 4 aromatic rings. The highest BCUT2D eigenvalue weighted by atomic mass is 16.6. The lowest BCUT2D eigenvalue weighted by molar-refractivity contribution is -0.384. The second-order valence-electron chi connectivity index (χ2n) is 10.5. The van der Waals surface area contributed by atoms with E-state index in [1.54, 1.807) is 12.3 Å². The van der Waals surface area contributed by atoms with Gasteiger partial charge >= 0.3 is 0 Å². The van der Waals surface area contributed by atoms with Gasteiger partial charge < -0.3 is 35.6 Å². The summed E-state index contributed by atoms with van der Waals surface area (Å²) < 4.78 is 7.89. The van der Waals surface area contributed by atoms with Crippen LogP contribution in [-0.2, 0) is 13.0 Å². The monoisotopic (exact) mass is 569 g/mol. The summed E-state index contributed by atoms with van der Waals surface area (Å²) in [5, 5.41) is 24.2. The van der Waals surface area contributed by atoms with E-state index in [1.807, 2.05) is 37.0 Å². The normalized spacial score (nSPS) is 12.9. The molecular formula is C30H35N9O3. The lowest BCUT2D eigenvalue weighted by Gasteiger charge is -2.22. The standard InChI is InChI=1S/C30H35N9O3/c1-36(2)11-12-37(3)25-14-27(42-4)24(13-26(25)39(40)41)34-30-33-17-22(20(15-31)16-32)28(35-30)23-18-38-10-6-8-19-7-5-9-21(23)29(19)38/h5,7,9,13-18,31H,6,8,10-12,32H2,1-4H3,(H,33,34,35)/b20-16+,31-15?. The van der Waals surface area contributed by atoms with Gasteiger partial charge in [0, 0.05) is 85.7 Å². The molecule has 2 aromatic heterocycles. The minimum absolute atomic E-state index is 0.0671. The quantitative estimate of drug-likeness (QED) is 0.133. The molecule has 0 bridgehead atoms. The average Bonchev–Trinajstić information content (AvgIpc) is 3.37. The Balaban J connectivity index is 1.61. The lowest BCUT2D eigenvalue weighted by Crippen LogP contribution is -2.28. The number of nitrogens with zero attached hydrogens (tertiary/aromatic N) is 6. The Morgan fingerprint density at radius 2 is 2.10 bits per heavy atom. The molecule has 1 aliphatic rings. The third-order valence-corrected chi connectivity index (χ3v) is 7.55. The second kappa shape index (κ2) is 11.9. The Labute approximate surface area is 244 Å². The number of hydrogen-bond donors (Lipinski definition) is 3. The molecule has 42 heavy (non-hydrogen) atoms. The van der Waals surface area contributed by atoms with Gasteiger partial charge in [-0.15, -0.1) is 0 Å². The fourth-order valence-electron chi connectivity index (χ4n) is 5.39. The van der Waals surface area contributed by atoms with Crippen molar-refractivity contribution in [2.45, 2.75) is 19.4 Å². The third-order valence-electron chi connectivity index (χ3n) is 7.55. The maximum absolute atomic E-state index is 12.1. The van der Waals surface area contributed by atoms with Crippen molar-refractivity contribution in [2.75, 3.05) is 51.6 Å². The highest BCUT2D eigenvalue weighted by Gasteiger charge is 2.24. The molecular weight excluding hydrogens is 534 g/mol. The molecule has 0 amide bonds. The first-order chi connectivity index (χ1) is 20.2. The van der Waals surface area contributed by atoms with E-state index in [9.17, 15) is 10.1 Å². The average molecular weight is 570 g/mol. The number of likely N-dealkylation sites (N-methyl/N-ethyl adjacent to an activating group) is 2. The van der Waals surface area contributed by atoms with Gasteiger partial charge in [0.25, 0.3) is 5.69 Å². The summed E-state index contributed by atoms with van der Waals surface area (Å²) >= 11 is 0. The van der Waals surface area contributed by atoms with E-state index in [1.165, 1.54) is 36.7 Å². The van der Waals surface area contributed by atoms with Gasteiger partial charge in [-0.05, 0) is 32.5 Å². The summed E-state index contributed by atoms with van der Waals surface area (Å²) in [6.07, 6.45) is 8.31. The van der Waals surface area contributed by atoms with Gasteiger partial charge in [0.05, 0.1) is 28.9 Å². The predicted octanol–water partition coefficient (Wildman–Crippen LogP) is 4.65. The Hall–Kier alpha value is -4.97. The second-order valence-corrected chi connectivity index (χ2v) is 10.5. The van der Waals surface area contributed by atoms with Crippen LogP contribution in [0, 0.1) is 15.5 Å². The molecule has 4 N–H and O–H groups in total. The van der Waals surface area contributed by atoms with E-state index < -0.39 is 4.92 Å². The fraction of sp³-hybridized carbons (Fsp3) is 0.300. The highest BCUT2D eigenvalue weighted by molar-refractivity contribution is 6.11. The fourth-order valence-corrected chi connectivity index (χ4v) is 5.39. The van der Waals surface area contributed by atoms with Crippen molar-refractivity contribution < 1.29 is 9.66 Å². The van der Waals surface area contributed by atoms with Crippen LogP contribution in [0.2, 0.25) is 0 Å². The zero-order chi connectivity index (χ0) is 30.0. The van der Waals surface area contributed by atoms with E-state index in [0.717, 1.165) is 36.9 Å². The number of para-hydroxylation sites is 1. The number of nitrogens with two attached hydrogens (primary N) is 1. The largest absolute Gasteiger partial charge is 0.494 e. The van der Waals surface area contributed by atoms with Crippen LogP contribution in [0.3, 0.4) is 0 Å². The molecule has 5 rings (SSSR count). The smallest absolute Gasteiger partial charge is 0.294 e. The van der Waals surface area contributed by atoms with Crippen molar-refractivity contribution >= 4 is 45.7 Å². The molecule has 3 heterocycles. The van der Waals surface area contributed by atoms with Gasteiger partial charge in [0.15, 0.2) is 0 Å². The summed E-state index contributed by atoms with van der Waals surface area (Å²) in [4.78, 5) is 24.9. The number of anilines is 3.